The maximum Gasteiger partial charge on any atom is 0.272 e. The lowest BCUT2D eigenvalue weighted by atomic mass is 10.1. The number of amides is 1. The van der Waals surface area contributed by atoms with Gasteiger partial charge in [0.05, 0.1) is 15.8 Å². The lowest BCUT2D eigenvalue weighted by Crippen LogP contribution is -2.29. The molecule has 3 aromatic rings. The Kier molecular flexibility index (Phi) is 3.77. The number of hydrazine groups is 1. The van der Waals surface area contributed by atoms with Crippen LogP contribution in [0.5, 0.6) is 0 Å². The van der Waals surface area contributed by atoms with Gasteiger partial charge in [0.2, 0.25) is 5.13 Å². The monoisotopic (exact) mass is 315 g/mol. The maximum absolute atomic E-state index is 13.5. The highest BCUT2D eigenvalue weighted by Crippen LogP contribution is 2.29. The molecule has 0 aliphatic rings. The van der Waals surface area contributed by atoms with E-state index >= 15 is 0 Å². The van der Waals surface area contributed by atoms with Gasteiger partial charge in [-0.3, -0.25) is 15.6 Å². The molecule has 3 rings (SSSR count). The third-order valence-electron chi connectivity index (χ3n) is 3.22. The predicted octanol–water partition coefficient (Wildman–Crippen LogP) is 3.81. The van der Waals surface area contributed by atoms with Gasteiger partial charge in [0, 0.05) is 0 Å². The number of carbonyl (C=O) groups is 1. The van der Waals surface area contributed by atoms with E-state index in [4.69, 9.17) is 0 Å². The summed E-state index contributed by atoms with van der Waals surface area (Å²) in [6.45, 7) is 4.04. The lowest BCUT2D eigenvalue weighted by Gasteiger charge is -2.05. The summed E-state index contributed by atoms with van der Waals surface area (Å²) in [5.41, 5.74) is 8.36. The summed E-state index contributed by atoms with van der Waals surface area (Å²) in [5, 5.41) is 0.563. The summed E-state index contributed by atoms with van der Waals surface area (Å²) >= 11 is 1.44. The minimum Gasteiger partial charge on any atom is -0.273 e. The van der Waals surface area contributed by atoms with Crippen LogP contribution in [0.4, 0.5) is 9.52 Å². The first-order chi connectivity index (χ1) is 10.5. The molecule has 1 aromatic heterocycles. The molecule has 6 heteroatoms. The highest BCUT2D eigenvalue weighted by Gasteiger charge is 2.12. The first-order valence-electron chi connectivity index (χ1n) is 6.73. The molecule has 0 spiro atoms. The molecule has 0 saturated heterocycles. The normalized spacial score (nSPS) is 10.7. The minimum absolute atomic E-state index is 0.0110. The van der Waals surface area contributed by atoms with E-state index in [2.05, 4.69) is 21.9 Å². The summed E-state index contributed by atoms with van der Waals surface area (Å²) in [4.78, 5) is 16.4. The van der Waals surface area contributed by atoms with E-state index in [0.29, 0.717) is 5.13 Å². The van der Waals surface area contributed by atoms with Gasteiger partial charge in [-0.15, -0.1) is 0 Å². The first kappa shape index (κ1) is 14.5. The van der Waals surface area contributed by atoms with Crippen molar-refractivity contribution >= 4 is 32.6 Å². The Labute approximate surface area is 131 Å². The molecule has 0 saturated carbocycles. The number of fused-ring (bicyclic) bond motifs is 1. The van der Waals surface area contributed by atoms with E-state index < -0.39 is 11.7 Å². The summed E-state index contributed by atoms with van der Waals surface area (Å²) in [7, 11) is 0. The van der Waals surface area contributed by atoms with Gasteiger partial charge in [0.15, 0.2) is 0 Å². The average Bonchev–Trinajstić information content (AvgIpc) is 2.88. The number of rotatable bonds is 3. The fourth-order valence-corrected chi connectivity index (χ4v) is 3.12. The maximum atomic E-state index is 13.5. The number of aryl methyl sites for hydroxylation is 2. The Hall–Kier alpha value is -2.47. The Morgan fingerprint density at radius 3 is 2.77 bits per heavy atom. The van der Waals surface area contributed by atoms with Gasteiger partial charge in [0.1, 0.15) is 5.82 Å². The predicted molar refractivity (Wildman–Crippen MR) is 86.6 cm³/mol. The van der Waals surface area contributed by atoms with Crippen LogP contribution in [0.15, 0.2) is 36.4 Å². The van der Waals surface area contributed by atoms with Crippen molar-refractivity contribution in [2.45, 2.75) is 13.8 Å². The van der Waals surface area contributed by atoms with Crippen LogP contribution in [-0.2, 0) is 0 Å². The van der Waals surface area contributed by atoms with E-state index in [9.17, 15) is 9.18 Å². The highest BCUT2D eigenvalue weighted by molar-refractivity contribution is 7.22. The number of aromatic nitrogens is 1. The fraction of sp³-hybridized carbons (Fsp3) is 0.125. The molecule has 2 N–H and O–H groups in total. The molecule has 0 bridgehead atoms. The van der Waals surface area contributed by atoms with Crippen LogP contribution in [0.2, 0.25) is 0 Å². The third kappa shape index (κ3) is 2.78. The zero-order valence-corrected chi connectivity index (χ0v) is 12.9. The van der Waals surface area contributed by atoms with Crippen molar-refractivity contribution in [1.29, 1.82) is 0 Å². The zero-order valence-electron chi connectivity index (χ0n) is 12.1. The SMILES string of the molecule is Cc1cc(C)c2sc(NNC(=O)c3ccccc3F)nc2c1. The van der Waals surface area contributed by atoms with Crippen molar-refractivity contribution in [3.8, 4) is 0 Å². The van der Waals surface area contributed by atoms with Gasteiger partial charge < -0.3 is 0 Å². The summed E-state index contributed by atoms with van der Waals surface area (Å²) < 4.78 is 14.6. The van der Waals surface area contributed by atoms with Crippen LogP contribution >= 0.6 is 11.3 Å². The van der Waals surface area contributed by atoms with Crippen LogP contribution in [0, 0.1) is 19.7 Å². The number of halogens is 1. The molecule has 1 amide bonds. The van der Waals surface area contributed by atoms with Crippen molar-refractivity contribution in [1.82, 2.24) is 10.4 Å². The molecule has 22 heavy (non-hydrogen) atoms. The Morgan fingerprint density at radius 2 is 2.00 bits per heavy atom. The van der Waals surface area contributed by atoms with Crippen LogP contribution < -0.4 is 10.9 Å². The highest BCUT2D eigenvalue weighted by atomic mass is 32.1. The van der Waals surface area contributed by atoms with E-state index in [1.54, 1.807) is 6.07 Å². The molecule has 4 nitrogen and oxygen atoms in total. The standard InChI is InChI=1S/C16H14FN3OS/c1-9-7-10(2)14-13(8-9)18-16(22-14)20-19-15(21)11-5-3-4-6-12(11)17/h3-8H,1-2H3,(H,18,20)(H,19,21). The van der Waals surface area contributed by atoms with Crippen LogP contribution in [-0.4, -0.2) is 10.9 Å². The molecule has 0 aliphatic heterocycles. The van der Waals surface area contributed by atoms with Crippen LogP contribution in [0.25, 0.3) is 10.2 Å². The van der Waals surface area contributed by atoms with Gasteiger partial charge in [-0.1, -0.05) is 29.5 Å². The lowest BCUT2D eigenvalue weighted by molar-refractivity contribution is 0.0958. The van der Waals surface area contributed by atoms with Gasteiger partial charge in [0.25, 0.3) is 5.91 Å². The number of thiazole rings is 1. The molecular formula is C16H14FN3OS. The Bertz CT molecular complexity index is 860. The van der Waals surface area contributed by atoms with Gasteiger partial charge in [-0.25, -0.2) is 9.37 Å². The molecule has 2 aromatic carbocycles. The summed E-state index contributed by atoms with van der Waals surface area (Å²) in [6.07, 6.45) is 0. The third-order valence-corrected chi connectivity index (χ3v) is 4.34. The number of carbonyl (C=O) groups excluding carboxylic acids is 1. The average molecular weight is 315 g/mol. The van der Waals surface area contributed by atoms with Crippen molar-refractivity contribution in [2.75, 3.05) is 5.43 Å². The molecule has 0 radical (unpaired) electrons. The Morgan fingerprint density at radius 1 is 1.23 bits per heavy atom. The summed E-state index contributed by atoms with van der Waals surface area (Å²) in [5.74, 6) is -1.09. The minimum atomic E-state index is -0.558. The van der Waals surface area contributed by atoms with Crippen molar-refractivity contribution in [2.24, 2.45) is 0 Å². The molecule has 0 fully saturated rings. The quantitative estimate of drug-likeness (QED) is 0.723. The van der Waals surface area contributed by atoms with E-state index in [1.807, 2.05) is 19.9 Å². The zero-order chi connectivity index (χ0) is 15.7. The van der Waals surface area contributed by atoms with E-state index in [-0.39, 0.29) is 5.56 Å². The smallest absolute Gasteiger partial charge is 0.272 e. The second-order valence-electron chi connectivity index (χ2n) is 5.01. The number of hydrogen-bond acceptors (Lipinski definition) is 4. The largest absolute Gasteiger partial charge is 0.273 e. The fourth-order valence-electron chi connectivity index (χ4n) is 2.25. The van der Waals surface area contributed by atoms with Crippen LogP contribution in [0.1, 0.15) is 21.5 Å². The van der Waals surface area contributed by atoms with Crippen molar-refractivity contribution in [3.63, 3.8) is 0 Å². The molecule has 0 aliphatic carbocycles. The van der Waals surface area contributed by atoms with Crippen molar-refractivity contribution in [3.05, 3.63) is 58.9 Å². The topological polar surface area (TPSA) is 54.0 Å². The second-order valence-corrected chi connectivity index (χ2v) is 6.01. The Balaban J connectivity index is 1.78. The number of nitrogens with one attached hydrogen (secondary N) is 2. The molecular weight excluding hydrogens is 301 g/mol. The van der Waals surface area contributed by atoms with Gasteiger partial charge >= 0.3 is 0 Å². The van der Waals surface area contributed by atoms with E-state index in [0.717, 1.165) is 21.3 Å². The molecule has 0 unspecified atom stereocenters. The number of benzene rings is 2. The summed E-state index contributed by atoms with van der Waals surface area (Å²) in [6, 6.07) is 9.90. The molecule has 112 valence electrons. The number of hydrogen-bond donors (Lipinski definition) is 2. The molecule has 1 heterocycles. The first-order valence-corrected chi connectivity index (χ1v) is 7.55. The number of anilines is 1. The van der Waals surface area contributed by atoms with Crippen molar-refractivity contribution < 1.29 is 9.18 Å². The van der Waals surface area contributed by atoms with E-state index in [1.165, 1.54) is 29.5 Å². The second kappa shape index (κ2) is 5.73. The van der Waals surface area contributed by atoms with Crippen LogP contribution in [0.3, 0.4) is 0 Å². The molecule has 0 atom stereocenters. The number of nitrogens with zero attached hydrogens (tertiary/aromatic N) is 1. The van der Waals surface area contributed by atoms with Gasteiger partial charge in [-0.2, -0.15) is 0 Å². The van der Waals surface area contributed by atoms with Gasteiger partial charge in [-0.05, 0) is 43.2 Å².